The minimum Gasteiger partial charge on any atom is -0.478 e. The van der Waals surface area contributed by atoms with Gasteiger partial charge >= 0.3 is 5.97 Å². The van der Waals surface area contributed by atoms with E-state index in [9.17, 15) is 9.90 Å². The van der Waals surface area contributed by atoms with Crippen molar-refractivity contribution in [2.45, 2.75) is 0 Å². The van der Waals surface area contributed by atoms with Crippen LogP contribution >= 0.6 is 0 Å². The summed E-state index contributed by atoms with van der Waals surface area (Å²) in [6, 6.07) is 5.20. The minimum atomic E-state index is -1.02. The quantitative estimate of drug-likeness (QED) is 0.734. The second-order valence-corrected chi connectivity index (χ2v) is 3.71. The molecule has 0 aliphatic carbocycles. The summed E-state index contributed by atoms with van der Waals surface area (Å²) in [5.74, 6) is -1.02. The van der Waals surface area contributed by atoms with Crippen LogP contribution in [-0.2, 0) is 0 Å². The molecule has 3 rings (SSSR count). The number of carbonyl (C=O) groups is 1. The Morgan fingerprint density at radius 3 is 2.72 bits per heavy atom. The molecule has 0 spiro atoms. The molecule has 0 fully saturated rings. The fourth-order valence-corrected chi connectivity index (χ4v) is 1.79. The first-order valence-electron chi connectivity index (χ1n) is 5.23. The molecule has 18 heavy (non-hydrogen) atoms. The number of hydrogen-bond donors (Lipinski definition) is 1. The number of pyridine rings is 2. The first-order valence-corrected chi connectivity index (χ1v) is 5.23. The molecule has 6 nitrogen and oxygen atoms in total. The lowest BCUT2D eigenvalue weighted by Crippen LogP contribution is -2.02. The Morgan fingerprint density at radius 2 is 2.00 bits per heavy atom. The largest absolute Gasteiger partial charge is 0.478 e. The molecule has 0 aliphatic rings. The zero-order valence-corrected chi connectivity index (χ0v) is 9.19. The van der Waals surface area contributed by atoms with Crippen LogP contribution in [0.4, 0.5) is 0 Å². The minimum absolute atomic E-state index is 0.127. The van der Waals surface area contributed by atoms with Crippen LogP contribution in [0.5, 0.6) is 0 Å². The molecule has 0 saturated heterocycles. The Kier molecular flexibility index (Phi) is 2.26. The lowest BCUT2D eigenvalue weighted by atomic mass is 10.1. The molecule has 0 unspecified atom stereocenters. The summed E-state index contributed by atoms with van der Waals surface area (Å²) in [5.41, 5.74) is 2.10. The highest BCUT2D eigenvalue weighted by Gasteiger charge is 2.13. The van der Waals surface area contributed by atoms with Crippen LogP contribution < -0.4 is 0 Å². The SMILES string of the molecule is O=C(O)c1cc(-c2ccncc2)cn2ncnc12. The van der Waals surface area contributed by atoms with E-state index >= 15 is 0 Å². The Bertz CT molecular complexity index is 721. The predicted octanol–water partition coefficient (Wildman–Crippen LogP) is 1.49. The van der Waals surface area contributed by atoms with Gasteiger partial charge in [0.15, 0.2) is 5.65 Å². The number of fused-ring (bicyclic) bond motifs is 1. The zero-order valence-electron chi connectivity index (χ0n) is 9.19. The number of aromatic carboxylic acids is 1. The first kappa shape index (κ1) is 10.4. The van der Waals surface area contributed by atoms with Gasteiger partial charge in [0, 0.05) is 24.2 Å². The first-order chi connectivity index (χ1) is 8.75. The van der Waals surface area contributed by atoms with Crippen molar-refractivity contribution in [2.24, 2.45) is 0 Å². The summed E-state index contributed by atoms with van der Waals surface area (Å²) in [4.78, 5) is 19.1. The van der Waals surface area contributed by atoms with E-state index in [0.29, 0.717) is 5.65 Å². The number of carboxylic acids is 1. The topological polar surface area (TPSA) is 80.4 Å². The van der Waals surface area contributed by atoms with E-state index in [0.717, 1.165) is 11.1 Å². The number of aromatic nitrogens is 4. The van der Waals surface area contributed by atoms with E-state index in [2.05, 4.69) is 15.1 Å². The third kappa shape index (κ3) is 1.60. The second-order valence-electron chi connectivity index (χ2n) is 3.71. The van der Waals surface area contributed by atoms with Crippen molar-refractivity contribution in [1.29, 1.82) is 0 Å². The highest BCUT2D eigenvalue weighted by atomic mass is 16.4. The molecule has 0 aliphatic heterocycles. The summed E-state index contributed by atoms with van der Waals surface area (Å²) < 4.78 is 1.46. The number of nitrogens with zero attached hydrogens (tertiary/aromatic N) is 4. The van der Waals surface area contributed by atoms with Gasteiger partial charge in [-0.1, -0.05) is 0 Å². The van der Waals surface area contributed by atoms with Crippen molar-refractivity contribution in [3.05, 3.63) is 48.7 Å². The van der Waals surface area contributed by atoms with Gasteiger partial charge in [0.2, 0.25) is 0 Å². The number of hydrogen-bond acceptors (Lipinski definition) is 4. The summed E-state index contributed by atoms with van der Waals surface area (Å²) in [7, 11) is 0. The molecule has 0 saturated carbocycles. The zero-order chi connectivity index (χ0) is 12.5. The summed E-state index contributed by atoms with van der Waals surface area (Å²) in [6.45, 7) is 0. The Balaban J connectivity index is 2.29. The van der Waals surface area contributed by atoms with E-state index < -0.39 is 5.97 Å². The third-order valence-corrected chi connectivity index (χ3v) is 2.62. The lowest BCUT2D eigenvalue weighted by Gasteiger charge is -2.04. The van der Waals surface area contributed by atoms with Gasteiger partial charge in [-0.25, -0.2) is 14.3 Å². The smallest absolute Gasteiger partial charge is 0.339 e. The van der Waals surface area contributed by atoms with Gasteiger partial charge in [-0.05, 0) is 23.8 Å². The molecule has 3 aromatic heterocycles. The van der Waals surface area contributed by atoms with Crippen molar-refractivity contribution in [1.82, 2.24) is 19.6 Å². The fourth-order valence-electron chi connectivity index (χ4n) is 1.79. The summed E-state index contributed by atoms with van der Waals surface area (Å²) in [6.07, 6.45) is 6.38. The van der Waals surface area contributed by atoms with Gasteiger partial charge in [-0.2, -0.15) is 5.10 Å². The molecule has 0 atom stereocenters. The fraction of sp³-hybridized carbons (Fsp3) is 0. The van der Waals surface area contributed by atoms with Crippen LogP contribution in [0.25, 0.3) is 16.8 Å². The average Bonchev–Trinajstić information content (AvgIpc) is 2.86. The lowest BCUT2D eigenvalue weighted by molar-refractivity contribution is 0.0698. The normalized spacial score (nSPS) is 10.7. The van der Waals surface area contributed by atoms with Crippen LogP contribution in [0.15, 0.2) is 43.1 Å². The number of rotatable bonds is 2. The van der Waals surface area contributed by atoms with Crippen molar-refractivity contribution in [3.63, 3.8) is 0 Å². The Labute approximate surface area is 102 Å². The van der Waals surface area contributed by atoms with E-state index in [1.807, 2.05) is 12.1 Å². The molecule has 1 N–H and O–H groups in total. The monoisotopic (exact) mass is 240 g/mol. The Morgan fingerprint density at radius 1 is 1.22 bits per heavy atom. The maximum Gasteiger partial charge on any atom is 0.339 e. The molecule has 0 aromatic carbocycles. The van der Waals surface area contributed by atoms with Crippen molar-refractivity contribution in [2.75, 3.05) is 0 Å². The Hall–Kier alpha value is -2.76. The van der Waals surface area contributed by atoms with Crippen LogP contribution in [0.3, 0.4) is 0 Å². The number of carboxylic acid groups (broad SMARTS) is 1. The van der Waals surface area contributed by atoms with Crippen molar-refractivity contribution >= 4 is 11.6 Å². The second kappa shape index (κ2) is 3.92. The average molecular weight is 240 g/mol. The highest BCUT2D eigenvalue weighted by molar-refractivity contribution is 5.95. The molecule has 3 heterocycles. The van der Waals surface area contributed by atoms with Gasteiger partial charge in [0.25, 0.3) is 0 Å². The standard InChI is InChI=1S/C12H8N4O2/c17-12(18)10-5-9(8-1-3-13-4-2-8)6-16-11(10)14-7-15-16/h1-7H,(H,17,18). The highest BCUT2D eigenvalue weighted by Crippen LogP contribution is 2.21. The van der Waals surface area contributed by atoms with Crippen LogP contribution in [0.1, 0.15) is 10.4 Å². The van der Waals surface area contributed by atoms with Gasteiger partial charge in [0.05, 0.1) is 0 Å². The van der Waals surface area contributed by atoms with Crippen molar-refractivity contribution < 1.29 is 9.90 Å². The van der Waals surface area contributed by atoms with E-state index in [1.165, 1.54) is 10.8 Å². The van der Waals surface area contributed by atoms with Gasteiger partial charge < -0.3 is 5.11 Å². The van der Waals surface area contributed by atoms with Gasteiger partial charge in [0.1, 0.15) is 11.9 Å². The van der Waals surface area contributed by atoms with E-state index in [-0.39, 0.29) is 5.56 Å². The molecule has 0 bridgehead atoms. The molecular weight excluding hydrogens is 232 g/mol. The molecule has 0 radical (unpaired) electrons. The van der Waals surface area contributed by atoms with Crippen molar-refractivity contribution in [3.8, 4) is 11.1 Å². The molecular formula is C12H8N4O2. The van der Waals surface area contributed by atoms with E-state index in [1.54, 1.807) is 24.7 Å². The molecule has 3 aromatic rings. The molecule has 0 amide bonds. The summed E-state index contributed by atoms with van der Waals surface area (Å²) in [5, 5.41) is 13.2. The predicted molar refractivity (Wildman–Crippen MR) is 63.2 cm³/mol. The van der Waals surface area contributed by atoms with Crippen LogP contribution in [0.2, 0.25) is 0 Å². The van der Waals surface area contributed by atoms with Gasteiger partial charge in [-0.3, -0.25) is 4.98 Å². The maximum absolute atomic E-state index is 11.2. The van der Waals surface area contributed by atoms with Crippen LogP contribution in [-0.4, -0.2) is 30.7 Å². The third-order valence-electron chi connectivity index (χ3n) is 2.62. The molecule has 88 valence electrons. The van der Waals surface area contributed by atoms with Crippen LogP contribution in [0, 0.1) is 0 Å². The van der Waals surface area contributed by atoms with Gasteiger partial charge in [-0.15, -0.1) is 0 Å². The summed E-state index contributed by atoms with van der Waals surface area (Å²) >= 11 is 0. The molecule has 6 heteroatoms. The maximum atomic E-state index is 11.2. The van der Waals surface area contributed by atoms with E-state index in [4.69, 9.17) is 0 Å².